The van der Waals surface area contributed by atoms with Gasteiger partial charge in [-0.25, -0.2) is 0 Å². The van der Waals surface area contributed by atoms with E-state index in [0.717, 1.165) is 12.8 Å². The molecular weight excluding hydrogens is 334 g/mol. The maximum absolute atomic E-state index is 12.4. The lowest BCUT2D eigenvalue weighted by atomic mass is 9.92. The highest BCUT2D eigenvalue weighted by molar-refractivity contribution is 5.96. The van der Waals surface area contributed by atoms with Gasteiger partial charge in [-0.1, -0.05) is 0 Å². The molecule has 1 saturated carbocycles. The van der Waals surface area contributed by atoms with Crippen molar-refractivity contribution in [3.63, 3.8) is 0 Å². The Morgan fingerprint density at radius 3 is 2.38 bits per heavy atom. The molecule has 2 fully saturated rings. The van der Waals surface area contributed by atoms with Gasteiger partial charge in [0.05, 0.1) is 13.0 Å². The molecule has 6 heteroatoms. The Labute approximate surface area is 153 Å². The molecule has 0 unspecified atom stereocenters. The Kier molecular flexibility index (Phi) is 5.59. The number of amides is 1. The van der Waals surface area contributed by atoms with Crippen LogP contribution < -0.4 is 4.74 Å². The van der Waals surface area contributed by atoms with Gasteiger partial charge >= 0.3 is 5.97 Å². The maximum Gasteiger partial charge on any atom is 0.308 e. The van der Waals surface area contributed by atoms with E-state index in [9.17, 15) is 19.5 Å². The van der Waals surface area contributed by atoms with Crippen LogP contribution in [-0.4, -0.2) is 47.9 Å². The predicted molar refractivity (Wildman–Crippen MR) is 95.1 cm³/mol. The van der Waals surface area contributed by atoms with Crippen molar-refractivity contribution in [2.45, 2.75) is 32.1 Å². The van der Waals surface area contributed by atoms with E-state index in [1.165, 1.54) is 0 Å². The zero-order valence-corrected chi connectivity index (χ0v) is 15.0. The number of rotatable bonds is 8. The van der Waals surface area contributed by atoms with Crippen LogP contribution in [0.3, 0.4) is 0 Å². The fraction of sp³-hybridized carbons (Fsp3) is 0.550. The largest absolute Gasteiger partial charge is 0.497 e. The van der Waals surface area contributed by atoms with Crippen LogP contribution in [0.2, 0.25) is 0 Å². The normalized spacial score (nSPS) is 22.3. The van der Waals surface area contributed by atoms with Crippen LogP contribution in [0, 0.1) is 17.8 Å². The van der Waals surface area contributed by atoms with Crippen molar-refractivity contribution in [2.75, 3.05) is 20.2 Å². The fourth-order valence-electron chi connectivity index (χ4n) is 3.78. The second kappa shape index (κ2) is 7.89. The van der Waals surface area contributed by atoms with Crippen molar-refractivity contribution < 1.29 is 24.2 Å². The molecule has 1 aliphatic carbocycles. The summed E-state index contributed by atoms with van der Waals surface area (Å²) in [5.41, 5.74) is 0.610. The van der Waals surface area contributed by atoms with E-state index in [4.69, 9.17) is 4.74 Å². The lowest BCUT2D eigenvalue weighted by Gasteiger charge is -2.16. The maximum atomic E-state index is 12.4. The Balaban J connectivity index is 1.46. The molecule has 0 bridgehead atoms. The van der Waals surface area contributed by atoms with E-state index in [-0.39, 0.29) is 24.0 Å². The second-order valence-corrected chi connectivity index (χ2v) is 7.25. The third-order valence-electron chi connectivity index (χ3n) is 5.47. The number of benzene rings is 1. The van der Waals surface area contributed by atoms with Gasteiger partial charge in [0.25, 0.3) is 0 Å². The van der Waals surface area contributed by atoms with E-state index in [1.54, 1.807) is 36.3 Å². The molecule has 1 heterocycles. The molecule has 1 amide bonds. The summed E-state index contributed by atoms with van der Waals surface area (Å²) in [5.74, 6) is -0.0192. The van der Waals surface area contributed by atoms with Crippen molar-refractivity contribution in [3.8, 4) is 5.75 Å². The zero-order chi connectivity index (χ0) is 18.7. The number of Topliss-reactive ketones (excluding diaryl/α,β-unsaturated/α-hetero) is 1. The first-order chi connectivity index (χ1) is 12.5. The number of carbonyl (C=O) groups is 3. The number of nitrogens with zero attached hydrogens (tertiary/aromatic N) is 1. The van der Waals surface area contributed by atoms with Crippen molar-refractivity contribution in [1.82, 2.24) is 4.90 Å². The van der Waals surface area contributed by atoms with E-state index < -0.39 is 11.9 Å². The Hall–Kier alpha value is -2.37. The minimum atomic E-state index is -0.799. The number of hydrogen-bond acceptors (Lipinski definition) is 4. The Morgan fingerprint density at radius 2 is 1.81 bits per heavy atom. The van der Waals surface area contributed by atoms with Crippen LogP contribution >= 0.6 is 0 Å². The molecule has 1 N–H and O–H groups in total. The van der Waals surface area contributed by atoms with E-state index >= 15 is 0 Å². The number of ether oxygens (including phenoxy) is 1. The number of carboxylic acids is 1. The highest BCUT2D eigenvalue weighted by Gasteiger charge is 2.46. The van der Waals surface area contributed by atoms with Crippen LogP contribution in [0.1, 0.15) is 42.5 Å². The third-order valence-corrected chi connectivity index (χ3v) is 5.47. The summed E-state index contributed by atoms with van der Waals surface area (Å²) in [6, 6.07) is 6.93. The van der Waals surface area contributed by atoms with Gasteiger partial charge in [0.1, 0.15) is 5.75 Å². The van der Waals surface area contributed by atoms with Gasteiger partial charge in [-0.05, 0) is 55.4 Å². The van der Waals surface area contributed by atoms with Crippen molar-refractivity contribution in [1.29, 1.82) is 0 Å². The Morgan fingerprint density at radius 1 is 1.12 bits per heavy atom. The molecule has 2 atom stereocenters. The number of hydrogen-bond donors (Lipinski definition) is 1. The molecule has 3 rings (SSSR count). The standard InChI is InChI=1S/C20H25NO5/c1-26-15-9-7-14(8-10-15)18(22)3-2-4-19(23)21-11-16(13-5-6-13)17(12-21)20(24)25/h7-10,13,16-17H,2-6,11-12H2,1H3,(H,24,25)/t16-,17+/m1/s1. The van der Waals surface area contributed by atoms with Crippen LogP contribution in [0.5, 0.6) is 5.75 Å². The first-order valence-corrected chi connectivity index (χ1v) is 9.17. The third kappa shape index (κ3) is 4.23. The van der Waals surface area contributed by atoms with Gasteiger partial charge in [0.15, 0.2) is 5.78 Å². The smallest absolute Gasteiger partial charge is 0.308 e. The van der Waals surface area contributed by atoms with E-state index in [1.807, 2.05) is 0 Å². The molecule has 140 valence electrons. The van der Waals surface area contributed by atoms with Gasteiger partial charge < -0.3 is 14.7 Å². The highest BCUT2D eigenvalue weighted by atomic mass is 16.5. The highest BCUT2D eigenvalue weighted by Crippen LogP contribution is 2.44. The molecular formula is C20H25NO5. The molecule has 0 radical (unpaired) electrons. The van der Waals surface area contributed by atoms with E-state index in [0.29, 0.717) is 43.2 Å². The number of carboxylic acid groups (broad SMARTS) is 1. The second-order valence-electron chi connectivity index (χ2n) is 7.25. The molecule has 0 aromatic heterocycles. The summed E-state index contributed by atoms with van der Waals surface area (Å²) >= 11 is 0. The number of likely N-dealkylation sites (tertiary alicyclic amines) is 1. The first kappa shape index (κ1) is 18.4. The first-order valence-electron chi connectivity index (χ1n) is 9.17. The van der Waals surface area contributed by atoms with Crippen molar-refractivity contribution in [2.24, 2.45) is 17.8 Å². The molecule has 1 aromatic carbocycles. The summed E-state index contributed by atoms with van der Waals surface area (Å²) in [5, 5.41) is 9.38. The van der Waals surface area contributed by atoms with Gasteiger partial charge in [-0.2, -0.15) is 0 Å². The summed E-state index contributed by atoms with van der Waals surface area (Å²) in [6.45, 7) is 0.856. The molecule has 1 aliphatic heterocycles. The fourth-order valence-corrected chi connectivity index (χ4v) is 3.78. The lowest BCUT2D eigenvalue weighted by molar-refractivity contribution is -0.142. The van der Waals surface area contributed by atoms with Crippen LogP contribution in [0.25, 0.3) is 0 Å². The monoisotopic (exact) mass is 359 g/mol. The summed E-state index contributed by atoms with van der Waals surface area (Å²) in [4.78, 5) is 37.7. The van der Waals surface area contributed by atoms with Gasteiger partial charge in [0, 0.05) is 31.5 Å². The van der Waals surface area contributed by atoms with Gasteiger partial charge in [-0.3, -0.25) is 14.4 Å². The number of aliphatic carboxylic acids is 1. The molecule has 1 aromatic rings. The minimum absolute atomic E-state index is 0.00106. The summed E-state index contributed by atoms with van der Waals surface area (Å²) in [7, 11) is 1.57. The molecule has 6 nitrogen and oxygen atoms in total. The molecule has 0 spiro atoms. The van der Waals surface area contributed by atoms with Crippen LogP contribution in [0.15, 0.2) is 24.3 Å². The van der Waals surface area contributed by atoms with E-state index in [2.05, 4.69) is 0 Å². The number of carbonyl (C=O) groups excluding carboxylic acids is 2. The molecule has 1 saturated heterocycles. The van der Waals surface area contributed by atoms with Crippen LogP contribution in [0.4, 0.5) is 0 Å². The Bertz CT molecular complexity index is 680. The quantitative estimate of drug-likeness (QED) is 0.721. The van der Waals surface area contributed by atoms with Crippen molar-refractivity contribution >= 4 is 17.7 Å². The average Bonchev–Trinajstić information content (AvgIpc) is 3.39. The topological polar surface area (TPSA) is 83.9 Å². The van der Waals surface area contributed by atoms with Crippen molar-refractivity contribution in [3.05, 3.63) is 29.8 Å². The zero-order valence-electron chi connectivity index (χ0n) is 15.0. The molecule has 2 aliphatic rings. The van der Waals surface area contributed by atoms with Gasteiger partial charge in [-0.15, -0.1) is 0 Å². The SMILES string of the molecule is COc1ccc(C(=O)CCCC(=O)N2C[C@H](C(=O)O)[C@@H](C3CC3)C2)cc1. The minimum Gasteiger partial charge on any atom is -0.497 e. The average molecular weight is 359 g/mol. The summed E-state index contributed by atoms with van der Waals surface area (Å²) < 4.78 is 5.07. The lowest BCUT2D eigenvalue weighted by Crippen LogP contribution is -2.29. The number of methoxy groups -OCH3 is 1. The predicted octanol–water partition coefficient (Wildman–Crippen LogP) is 2.62. The van der Waals surface area contributed by atoms with Gasteiger partial charge in [0.2, 0.25) is 5.91 Å². The summed E-state index contributed by atoms with van der Waals surface area (Å²) in [6.07, 6.45) is 3.22. The number of ketones is 1. The van der Waals surface area contributed by atoms with Crippen LogP contribution in [-0.2, 0) is 9.59 Å². The molecule has 26 heavy (non-hydrogen) atoms.